The van der Waals surface area contributed by atoms with Gasteiger partial charge in [-0.3, -0.25) is 4.79 Å². The Morgan fingerprint density at radius 2 is 1.45 bits per heavy atom. The second-order valence-corrected chi connectivity index (χ2v) is 5.17. The van der Waals surface area contributed by atoms with E-state index in [-0.39, 0.29) is 6.42 Å². The van der Waals surface area contributed by atoms with Crippen molar-refractivity contribution in [2.24, 2.45) is 0 Å². The zero-order chi connectivity index (χ0) is 16.7. The molecule has 116 valence electrons. The van der Waals surface area contributed by atoms with Crippen LogP contribution in [0, 0.1) is 0 Å². The predicted octanol–water partition coefficient (Wildman–Crippen LogP) is 5.88. The quantitative estimate of drug-likeness (QED) is 0.319. The minimum absolute atomic E-state index is 0.269. The van der Waals surface area contributed by atoms with E-state index in [0.717, 1.165) is 51.4 Å². The first-order valence-electron chi connectivity index (χ1n) is 9.05. The standard InChI is InChI=1S/C18H32O2/c1-2-3-4-5-6-7-8-9-10-11-12-13-14-15-16-17-18(19)20/h6-7,9-10H,2-5,8,11-17H2,1H3,(H,19,20)/i8D2. The summed E-state index contributed by atoms with van der Waals surface area (Å²) in [4.78, 5) is 10.3. The van der Waals surface area contributed by atoms with Crippen LogP contribution in [0.25, 0.3) is 0 Å². The van der Waals surface area contributed by atoms with Crippen LogP contribution in [0.4, 0.5) is 0 Å². The van der Waals surface area contributed by atoms with E-state index in [1.165, 1.54) is 12.8 Å². The van der Waals surface area contributed by atoms with E-state index in [9.17, 15) is 4.79 Å². The summed E-state index contributed by atoms with van der Waals surface area (Å²) in [5.41, 5.74) is 0. The fourth-order valence-electron chi connectivity index (χ4n) is 1.94. The first-order chi connectivity index (χ1) is 10.5. The molecule has 2 heteroatoms. The van der Waals surface area contributed by atoms with Crippen molar-refractivity contribution in [3.8, 4) is 0 Å². The van der Waals surface area contributed by atoms with Gasteiger partial charge < -0.3 is 5.11 Å². The van der Waals surface area contributed by atoms with Crippen LogP contribution in [0.1, 0.15) is 86.7 Å². The molecular formula is C18H32O2. The Morgan fingerprint density at radius 3 is 2.05 bits per heavy atom. The van der Waals surface area contributed by atoms with Gasteiger partial charge in [0.25, 0.3) is 0 Å². The summed E-state index contributed by atoms with van der Waals surface area (Å²) in [5.74, 6) is -0.715. The van der Waals surface area contributed by atoms with E-state index in [1.54, 1.807) is 12.2 Å². The predicted molar refractivity (Wildman–Crippen MR) is 87.0 cm³/mol. The molecule has 0 bridgehead atoms. The Kier molecular flexibility index (Phi) is 12.3. The third-order valence-corrected chi connectivity index (χ3v) is 3.16. The van der Waals surface area contributed by atoms with Gasteiger partial charge in [0, 0.05) is 9.16 Å². The molecule has 0 radical (unpaired) electrons. The second kappa shape index (κ2) is 16.0. The highest BCUT2D eigenvalue weighted by atomic mass is 16.4. The molecule has 0 fully saturated rings. The molecule has 0 aromatic heterocycles. The number of unbranched alkanes of at least 4 members (excludes halogenated alkanes) is 8. The van der Waals surface area contributed by atoms with Crippen molar-refractivity contribution in [2.75, 3.05) is 0 Å². The third kappa shape index (κ3) is 16.9. The fraction of sp³-hybridized carbons (Fsp3) is 0.722. The molecule has 0 aromatic carbocycles. The minimum atomic E-state index is -1.34. The fourth-order valence-corrected chi connectivity index (χ4v) is 1.94. The Labute approximate surface area is 127 Å². The van der Waals surface area contributed by atoms with Gasteiger partial charge in [-0.15, -0.1) is 0 Å². The van der Waals surface area contributed by atoms with Gasteiger partial charge >= 0.3 is 5.97 Å². The van der Waals surface area contributed by atoms with Gasteiger partial charge in [-0.1, -0.05) is 63.3 Å². The molecule has 0 spiro atoms. The van der Waals surface area contributed by atoms with Crippen molar-refractivity contribution in [1.82, 2.24) is 0 Å². The van der Waals surface area contributed by atoms with E-state index in [4.69, 9.17) is 7.85 Å². The van der Waals surface area contributed by atoms with E-state index < -0.39 is 12.3 Å². The van der Waals surface area contributed by atoms with Crippen LogP contribution in [-0.4, -0.2) is 11.1 Å². The molecule has 0 rings (SSSR count). The Balaban J connectivity index is 3.62. The van der Waals surface area contributed by atoms with Gasteiger partial charge in [0.05, 0.1) is 0 Å². The molecule has 0 aromatic rings. The van der Waals surface area contributed by atoms with Crippen LogP contribution in [0.3, 0.4) is 0 Å². The molecule has 1 N–H and O–H groups in total. The Hall–Kier alpha value is -1.05. The third-order valence-electron chi connectivity index (χ3n) is 3.16. The smallest absolute Gasteiger partial charge is 0.303 e. The number of carboxylic acids is 1. The maximum atomic E-state index is 10.3. The van der Waals surface area contributed by atoms with E-state index >= 15 is 0 Å². The van der Waals surface area contributed by atoms with Crippen LogP contribution in [0.15, 0.2) is 24.3 Å². The molecule has 0 saturated carbocycles. The summed E-state index contributed by atoms with van der Waals surface area (Å²) in [6.07, 6.45) is 16.4. The van der Waals surface area contributed by atoms with E-state index in [0.29, 0.717) is 0 Å². The van der Waals surface area contributed by atoms with Gasteiger partial charge in [-0.2, -0.15) is 0 Å². The second-order valence-electron chi connectivity index (χ2n) is 5.17. The van der Waals surface area contributed by atoms with Gasteiger partial charge in [-0.05, 0) is 38.5 Å². The molecule has 0 amide bonds. The summed E-state index contributed by atoms with van der Waals surface area (Å²) >= 11 is 0. The molecule has 0 saturated heterocycles. The van der Waals surface area contributed by atoms with Crippen LogP contribution in [0.5, 0.6) is 0 Å². The van der Waals surface area contributed by atoms with Gasteiger partial charge in [0.1, 0.15) is 0 Å². The lowest BCUT2D eigenvalue weighted by molar-refractivity contribution is -0.137. The molecule has 0 heterocycles. The number of carboxylic acid groups (broad SMARTS) is 1. The lowest BCUT2D eigenvalue weighted by atomic mass is 10.1. The van der Waals surface area contributed by atoms with Crippen LogP contribution in [0.2, 0.25) is 0 Å². The summed E-state index contributed by atoms with van der Waals surface area (Å²) in [5, 5.41) is 8.52. The van der Waals surface area contributed by atoms with E-state index in [2.05, 4.69) is 6.92 Å². The first kappa shape index (κ1) is 15.3. The Bertz CT molecular complexity index is 336. The maximum Gasteiger partial charge on any atom is 0.303 e. The summed E-state index contributed by atoms with van der Waals surface area (Å²) < 4.78 is 15.7. The molecule has 20 heavy (non-hydrogen) atoms. The van der Waals surface area contributed by atoms with Crippen molar-refractivity contribution in [2.45, 2.75) is 83.9 Å². The zero-order valence-corrected chi connectivity index (χ0v) is 12.9. The highest BCUT2D eigenvalue weighted by Crippen LogP contribution is 2.08. The number of aliphatic carboxylic acids is 1. The first-order valence-corrected chi connectivity index (χ1v) is 8.05. The van der Waals surface area contributed by atoms with Crippen LogP contribution in [-0.2, 0) is 4.79 Å². The van der Waals surface area contributed by atoms with Gasteiger partial charge in [-0.25, -0.2) is 0 Å². The normalized spacial score (nSPS) is 13.8. The largest absolute Gasteiger partial charge is 0.481 e. The molecule has 2 nitrogen and oxygen atoms in total. The lowest BCUT2D eigenvalue weighted by Crippen LogP contribution is -1.93. The molecule has 0 aliphatic heterocycles. The van der Waals surface area contributed by atoms with Gasteiger partial charge in [0.15, 0.2) is 0 Å². The Morgan fingerprint density at radius 1 is 0.900 bits per heavy atom. The monoisotopic (exact) mass is 282 g/mol. The number of hydrogen-bond acceptors (Lipinski definition) is 1. The number of allylic oxidation sites excluding steroid dienone is 4. The number of rotatable bonds is 14. The van der Waals surface area contributed by atoms with Crippen LogP contribution >= 0.6 is 0 Å². The molecule has 0 aliphatic carbocycles. The number of carbonyl (C=O) groups is 1. The van der Waals surface area contributed by atoms with E-state index in [1.807, 2.05) is 12.2 Å². The van der Waals surface area contributed by atoms with Crippen molar-refractivity contribution in [3.63, 3.8) is 0 Å². The van der Waals surface area contributed by atoms with Crippen LogP contribution < -0.4 is 0 Å². The lowest BCUT2D eigenvalue weighted by Gasteiger charge is -1.98. The summed E-state index contributed by atoms with van der Waals surface area (Å²) in [7, 11) is 0. The molecule has 0 atom stereocenters. The topological polar surface area (TPSA) is 37.3 Å². The maximum absolute atomic E-state index is 10.3. The zero-order valence-electron chi connectivity index (χ0n) is 14.9. The molecule has 0 aliphatic rings. The molecule has 0 unspecified atom stereocenters. The minimum Gasteiger partial charge on any atom is -0.481 e. The van der Waals surface area contributed by atoms with Crippen molar-refractivity contribution in [3.05, 3.63) is 24.3 Å². The molecular weight excluding hydrogens is 248 g/mol. The van der Waals surface area contributed by atoms with Crippen molar-refractivity contribution >= 4 is 5.97 Å². The average Bonchev–Trinajstić information content (AvgIpc) is 2.45. The van der Waals surface area contributed by atoms with Gasteiger partial charge in [0.2, 0.25) is 0 Å². The van der Waals surface area contributed by atoms with Crippen molar-refractivity contribution in [1.29, 1.82) is 0 Å². The number of hydrogen-bond donors (Lipinski definition) is 1. The average molecular weight is 282 g/mol. The summed E-state index contributed by atoms with van der Waals surface area (Å²) in [6, 6.07) is 0. The summed E-state index contributed by atoms with van der Waals surface area (Å²) in [6.45, 7) is 2.16. The van der Waals surface area contributed by atoms with Crippen molar-refractivity contribution < 1.29 is 12.6 Å². The SMILES string of the molecule is [2H]C([2H])(C=CCCCCC)C=CCCCCCCCC(=O)O. The highest BCUT2D eigenvalue weighted by Gasteiger charge is 1.95. The highest BCUT2D eigenvalue weighted by molar-refractivity contribution is 5.66.